The fourth-order valence-corrected chi connectivity index (χ4v) is 13.0. The Morgan fingerprint density at radius 2 is 1.37 bits per heavy atom. The van der Waals surface area contributed by atoms with Gasteiger partial charge in [-0.3, -0.25) is 4.57 Å². The van der Waals surface area contributed by atoms with Gasteiger partial charge in [-0.15, -0.1) is 11.3 Å². The lowest BCUT2D eigenvalue weighted by atomic mass is 9.52. The Balaban J connectivity index is 1.07. The number of thiophene rings is 1. The molecule has 0 fully saturated rings. The second-order valence-electron chi connectivity index (χ2n) is 17.9. The van der Waals surface area contributed by atoms with Crippen LogP contribution in [0, 0.1) is 11.3 Å². The minimum atomic E-state index is -0.431. The highest BCUT2D eigenvalue weighted by Gasteiger charge is 2.57. The molecular formula is C59H43N3S. The summed E-state index contributed by atoms with van der Waals surface area (Å²) in [5, 5.41) is 6.33. The molecule has 3 heterocycles. The van der Waals surface area contributed by atoms with Crippen LogP contribution in [0.3, 0.4) is 0 Å². The summed E-state index contributed by atoms with van der Waals surface area (Å²) >= 11 is 1.86. The average molecular weight is 826 g/mol. The number of benzene rings is 7. The molecule has 3 unspecified atom stereocenters. The standard InChI is InChI=1S/C59H43N3S/c1-37-17-15-29-48-54(37)44-25-11-13-28-47(44)59(48,40-21-7-4-8-22-40)58(2)34-33-43-42-24-12-14-30-51(42)62(52(43)36-58)57-60-49(39-19-5-3-6-20-39)35-50(61-57)45-26-16-27-46-55-41-23-10-9-18-38(41)31-32-53(55)63-56(45)46/h3-16,18-35,37H,17,36H2,1-2H3. The fourth-order valence-electron chi connectivity index (χ4n) is 11.8. The first kappa shape index (κ1) is 36.5. The Bertz CT molecular complexity index is 3610. The predicted molar refractivity (Wildman–Crippen MR) is 264 cm³/mol. The summed E-state index contributed by atoms with van der Waals surface area (Å²) in [5.41, 5.74) is 13.8. The molecule has 0 radical (unpaired) electrons. The van der Waals surface area contributed by atoms with E-state index in [0.29, 0.717) is 11.9 Å². The van der Waals surface area contributed by atoms with E-state index in [-0.39, 0.29) is 5.41 Å². The van der Waals surface area contributed by atoms with Crippen molar-refractivity contribution < 1.29 is 0 Å². The molecule has 13 rings (SSSR count). The third-order valence-corrected chi connectivity index (χ3v) is 15.7. The van der Waals surface area contributed by atoms with Crippen LogP contribution in [0.25, 0.3) is 82.0 Å². The number of allylic oxidation sites excluding steroid dienone is 5. The molecule has 3 atom stereocenters. The van der Waals surface area contributed by atoms with Crippen molar-refractivity contribution in [2.75, 3.05) is 0 Å². The zero-order valence-electron chi connectivity index (χ0n) is 35.2. The molecular weight excluding hydrogens is 783 g/mol. The molecule has 0 saturated heterocycles. The van der Waals surface area contributed by atoms with Crippen LogP contribution < -0.4 is 0 Å². The van der Waals surface area contributed by atoms with Crippen molar-refractivity contribution >= 4 is 64.8 Å². The van der Waals surface area contributed by atoms with Crippen LogP contribution in [0.5, 0.6) is 0 Å². The maximum Gasteiger partial charge on any atom is 0.235 e. The summed E-state index contributed by atoms with van der Waals surface area (Å²) in [6.45, 7) is 4.90. The predicted octanol–water partition coefficient (Wildman–Crippen LogP) is 15.2. The average Bonchev–Trinajstić information content (AvgIpc) is 3.99. The third kappa shape index (κ3) is 5.13. The molecule has 3 aromatic heterocycles. The second kappa shape index (κ2) is 13.7. The van der Waals surface area contributed by atoms with E-state index in [2.05, 4.69) is 213 Å². The monoisotopic (exact) mass is 825 g/mol. The van der Waals surface area contributed by atoms with Crippen molar-refractivity contribution in [1.82, 2.24) is 14.5 Å². The highest BCUT2D eigenvalue weighted by molar-refractivity contribution is 7.26. The fraction of sp³-hybridized carbons (Fsp3) is 0.119. The quantitative estimate of drug-likeness (QED) is 0.173. The van der Waals surface area contributed by atoms with Crippen LogP contribution in [0.15, 0.2) is 194 Å². The van der Waals surface area contributed by atoms with E-state index in [1.165, 1.54) is 75.4 Å². The van der Waals surface area contributed by atoms with Gasteiger partial charge in [0, 0.05) is 53.4 Å². The zero-order chi connectivity index (χ0) is 41.9. The maximum absolute atomic E-state index is 5.66. The number of rotatable bonds is 5. The molecule has 0 amide bonds. The Morgan fingerprint density at radius 3 is 2.24 bits per heavy atom. The summed E-state index contributed by atoms with van der Waals surface area (Å²) in [6, 6.07) is 62.2. The van der Waals surface area contributed by atoms with Crippen LogP contribution in [0.1, 0.15) is 48.2 Å². The Labute approximate surface area is 371 Å². The van der Waals surface area contributed by atoms with Crippen molar-refractivity contribution in [3.8, 4) is 28.5 Å². The van der Waals surface area contributed by atoms with Gasteiger partial charge >= 0.3 is 0 Å². The van der Waals surface area contributed by atoms with Crippen LogP contribution in [-0.2, 0) is 11.8 Å². The largest absolute Gasteiger partial charge is 0.282 e. The number of nitrogens with zero attached hydrogens (tertiary/aromatic N) is 3. The van der Waals surface area contributed by atoms with Gasteiger partial charge in [-0.1, -0.05) is 190 Å². The maximum atomic E-state index is 5.66. The molecule has 0 N–H and O–H groups in total. The van der Waals surface area contributed by atoms with Gasteiger partial charge in [0.1, 0.15) is 0 Å². The summed E-state index contributed by atoms with van der Waals surface area (Å²) in [6.07, 6.45) is 11.7. The summed E-state index contributed by atoms with van der Waals surface area (Å²) < 4.78 is 4.92. The SMILES string of the molecule is CC1CC=CC2=C1c1ccccc1C2(c1ccccc1)C1(C)C=Cc2c(n(-c3nc(-c4ccccc4)cc(-c4cccc5c4sc4ccc6ccccc6c45)n3)c3ccccc23)C1. The van der Waals surface area contributed by atoms with Gasteiger partial charge in [0.2, 0.25) is 5.95 Å². The molecule has 0 bridgehead atoms. The van der Waals surface area contributed by atoms with Crippen LogP contribution in [-0.4, -0.2) is 14.5 Å². The molecule has 63 heavy (non-hydrogen) atoms. The second-order valence-corrected chi connectivity index (χ2v) is 19.0. The number of para-hydroxylation sites is 1. The van der Waals surface area contributed by atoms with E-state index < -0.39 is 5.41 Å². The van der Waals surface area contributed by atoms with E-state index in [1.807, 2.05) is 11.3 Å². The number of hydrogen-bond donors (Lipinski definition) is 0. The Hall–Kier alpha value is -7.14. The molecule has 0 saturated carbocycles. The normalized spacial score (nSPS) is 20.2. The zero-order valence-corrected chi connectivity index (χ0v) is 36.0. The van der Waals surface area contributed by atoms with Gasteiger partial charge in [0.05, 0.1) is 22.3 Å². The van der Waals surface area contributed by atoms with Crippen molar-refractivity contribution in [1.29, 1.82) is 0 Å². The van der Waals surface area contributed by atoms with Gasteiger partial charge in [-0.2, -0.15) is 0 Å². The van der Waals surface area contributed by atoms with E-state index in [4.69, 9.17) is 9.97 Å². The smallest absolute Gasteiger partial charge is 0.235 e. The lowest BCUT2D eigenvalue weighted by Crippen LogP contribution is -2.46. The Morgan fingerprint density at radius 1 is 0.651 bits per heavy atom. The molecule has 3 nitrogen and oxygen atoms in total. The minimum absolute atomic E-state index is 0.368. The number of fused-ring (bicyclic) bond motifs is 10. The van der Waals surface area contributed by atoms with Crippen molar-refractivity contribution in [3.63, 3.8) is 0 Å². The van der Waals surface area contributed by atoms with Gasteiger partial charge in [-0.25, -0.2) is 9.97 Å². The molecule has 10 aromatic rings. The van der Waals surface area contributed by atoms with Crippen molar-refractivity contribution in [3.05, 3.63) is 222 Å². The topological polar surface area (TPSA) is 30.7 Å². The van der Waals surface area contributed by atoms with Crippen LogP contribution in [0.4, 0.5) is 0 Å². The van der Waals surface area contributed by atoms with Crippen LogP contribution >= 0.6 is 11.3 Å². The molecule has 7 aromatic carbocycles. The van der Waals surface area contributed by atoms with E-state index >= 15 is 0 Å². The van der Waals surface area contributed by atoms with Gasteiger partial charge < -0.3 is 0 Å². The summed E-state index contributed by atoms with van der Waals surface area (Å²) in [5.74, 6) is 1.11. The van der Waals surface area contributed by atoms with Crippen LogP contribution in [0.2, 0.25) is 0 Å². The van der Waals surface area contributed by atoms with E-state index in [9.17, 15) is 0 Å². The molecule has 0 spiro atoms. The molecule has 3 aliphatic rings. The minimum Gasteiger partial charge on any atom is -0.282 e. The first-order valence-electron chi connectivity index (χ1n) is 22.2. The van der Waals surface area contributed by atoms with E-state index in [0.717, 1.165) is 40.9 Å². The highest BCUT2D eigenvalue weighted by Crippen LogP contribution is 2.64. The van der Waals surface area contributed by atoms with Crippen molar-refractivity contribution in [2.45, 2.75) is 32.1 Å². The third-order valence-electron chi connectivity index (χ3n) is 14.5. The molecule has 300 valence electrons. The molecule has 0 aliphatic heterocycles. The van der Waals surface area contributed by atoms with E-state index in [1.54, 1.807) is 0 Å². The first-order chi connectivity index (χ1) is 31.0. The van der Waals surface area contributed by atoms with Gasteiger partial charge in [0.15, 0.2) is 0 Å². The lowest BCUT2D eigenvalue weighted by molar-refractivity contribution is 0.282. The number of aromatic nitrogens is 3. The lowest BCUT2D eigenvalue weighted by Gasteiger charge is -2.49. The number of hydrogen-bond acceptors (Lipinski definition) is 3. The summed E-state index contributed by atoms with van der Waals surface area (Å²) in [7, 11) is 0. The Kier molecular flexibility index (Phi) is 7.93. The summed E-state index contributed by atoms with van der Waals surface area (Å²) in [4.78, 5) is 11.2. The molecule has 3 aliphatic carbocycles. The van der Waals surface area contributed by atoms with Gasteiger partial charge in [-0.05, 0) is 75.6 Å². The van der Waals surface area contributed by atoms with Crippen molar-refractivity contribution in [2.24, 2.45) is 11.3 Å². The van der Waals surface area contributed by atoms with Gasteiger partial charge in [0.25, 0.3) is 0 Å². The first-order valence-corrected chi connectivity index (χ1v) is 23.0. The highest BCUT2D eigenvalue weighted by atomic mass is 32.1. The molecule has 4 heteroatoms.